The van der Waals surface area contributed by atoms with Crippen molar-refractivity contribution in [2.75, 3.05) is 13.1 Å². The number of nitrogens with one attached hydrogen (secondary N) is 2. The molecule has 0 bridgehead atoms. The van der Waals surface area contributed by atoms with Crippen molar-refractivity contribution in [3.8, 4) is 0 Å². The average Bonchev–Trinajstić information content (AvgIpc) is 2.69. The fraction of sp³-hybridized carbons (Fsp3) is 0.333. The molecular weight excluding hydrogens is 446 g/mol. The van der Waals surface area contributed by atoms with Crippen molar-refractivity contribution in [1.29, 1.82) is 0 Å². The fourth-order valence-corrected chi connectivity index (χ4v) is 3.26. The largest absolute Gasteiger partial charge is 0.451 e. The van der Waals surface area contributed by atoms with Gasteiger partial charge >= 0.3 is 12.2 Å². The molecule has 0 saturated carbocycles. The van der Waals surface area contributed by atoms with E-state index in [1.807, 2.05) is 0 Å². The molecule has 1 aromatic carbocycles. The van der Waals surface area contributed by atoms with E-state index >= 15 is 0 Å². The normalized spacial score (nSPS) is 18.0. The van der Waals surface area contributed by atoms with Gasteiger partial charge in [0.25, 0.3) is 0 Å². The summed E-state index contributed by atoms with van der Waals surface area (Å²) in [5.41, 5.74) is 0.652. The summed E-state index contributed by atoms with van der Waals surface area (Å²) in [6, 6.07) is 2.35. The number of rotatable bonds is 3. The number of nitrogens with zero attached hydrogens (tertiary/aromatic N) is 3. The Hall–Kier alpha value is -2.59. The van der Waals surface area contributed by atoms with Gasteiger partial charge in [0.15, 0.2) is 0 Å². The molecule has 1 saturated heterocycles. The molecule has 3 rings (SSSR count). The molecule has 0 radical (unpaired) electrons. The van der Waals surface area contributed by atoms with Crippen molar-refractivity contribution in [2.24, 2.45) is 0 Å². The van der Waals surface area contributed by atoms with Gasteiger partial charge in [0.2, 0.25) is 11.7 Å². The van der Waals surface area contributed by atoms with Gasteiger partial charge in [-0.2, -0.15) is 13.2 Å². The van der Waals surface area contributed by atoms with E-state index in [-0.39, 0.29) is 34.6 Å². The lowest BCUT2D eigenvalue weighted by Crippen LogP contribution is -2.58. The van der Waals surface area contributed by atoms with Crippen molar-refractivity contribution in [2.45, 2.75) is 25.2 Å². The number of piperazine rings is 1. The minimum Gasteiger partial charge on any atom is -0.353 e. The first-order valence-electron chi connectivity index (χ1n) is 8.77. The average molecular weight is 462 g/mol. The second-order valence-electron chi connectivity index (χ2n) is 6.55. The summed E-state index contributed by atoms with van der Waals surface area (Å²) in [6.07, 6.45) is -2.73. The SMILES string of the molecule is C[C@@H]1C(=O)NCCN1C(=O)NC(c1cnc(C(F)(F)F)nc1)c1ccc(Cl)c(Cl)c1. The van der Waals surface area contributed by atoms with Crippen LogP contribution in [0.25, 0.3) is 0 Å². The molecule has 30 heavy (non-hydrogen) atoms. The lowest BCUT2D eigenvalue weighted by Gasteiger charge is -2.34. The minimum atomic E-state index is -4.70. The van der Waals surface area contributed by atoms with Gasteiger partial charge in [0.1, 0.15) is 6.04 Å². The quantitative estimate of drug-likeness (QED) is 0.732. The number of carbonyl (C=O) groups is 2. The van der Waals surface area contributed by atoms with Crippen LogP contribution in [0.5, 0.6) is 0 Å². The zero-order valence-corrected chi connectivity index (χ0v) is 17.0. The Bertz CT molecular complexity index is 956. The lowest BCUT2D eigenvalue weighted by molar-refractivity contribution is -0.145. The molecular formula is C18H16Cl2F3N5O2. The third-order valence-electron chi connectivity index (χ3n) is 4.56. The van der Waals surface area contributed by atoms with Gasteiger partial charge in [-0.05, 0) is 24.6 Å². The first-order chi connectivity index (χ1) is 14.1. The number of halogens is 5. The van der Waals surface area contributed by atoms with Gasteiger partial charge in [-0.3, -0.25) is 4.79 Å². The van der Waals surface area contributed by atoms with Crippen LogP contribution in [0.1, 0.15) is 29.9 Å². The van der Waals surface area contributed by atoms with Gasteiger partial charge in [-0.1, -0.05) is 29.3 Å². The standard InChI is InChI=1S/C18H16Cl2F3N5O2/c1-9-15(29)24-4-5-28(9)17(30)27-14(10-2-3-12(19)13(20)6-10)11-7-25-16(26-8-11)18(21,22)23/h2-3,6-9,14H,4-5H2,1H3,(H,24,29)(H,27,30)/t9-,14?/m1/s1. The number of alkyl halides is 3. The predicted octanol–water partition coefficient (Wildman–Crippen LogP) is 3.42. The van der Waals surface area contributed by atoms with Crippen LogP contribution in [0.2, 0.25) is 10.0 Å². The predicted molar refractivity (Wildman–Crippen MR) is 103 cm³/mol. The Morgan fingerprint density at radius 1 is 1.23 bits per heavy atom. The summed E-state index contributed by atoms with van der Waals surface area (Å²) in [6.45, 7) is 2.14. The molecule has 2 heterocycles. The molecule has 12 heteroatoms. The van der Waals surface area contributed by atoms with Crippen molar-refractivity contribution >= 4 is 35.1 Å². The highest BCUT2D eigenvalue weighted by molar-refractivity contribution is 6.42. The zero-order valence-electron chi connectivity index (χ0n) is 15.5. The van der Waals surface area contributed by atoms with Crippen molar-refractivity contribution < 1.29 is 22.8 Å². The fourth-order valence-electron chi connectivity index (χ4n) is 2.95. The van der Waals surface area contributed by atoms with Crippen LogP contribution in [0.4, 0.5) is 18.0 Å². The van der Waals surface area contributed by atoms with Crippen molar-refractivity contribution in [3.63, 3.8) is 0 Å². The minimum absolute atomic E-state index is 0.198. The maximum Gasteiger partial charge on any atom is 0.451 e. The summed E-state index contributed by atoms with van der Waals surface area (Å²) < 4.78 is 38.4. The van der Waals surface area contributed by atoms with E-state index in [9.17, 15) is 22.8 Å². The van der Waals surface area contributed by atoms with Gasteiger partial charge in [-0.15, -0.1) is 0 Å². The molecule has 1 aliphatic heterocycles. The number of carbonyl (C=O) groups excluding carboxylic acids is 2. The molecule has 1 fully saturated rings. The number of urea groups is 1. The number of aromatic nitrogens is 2. The van der Waals surface area contributed by atoms with Gasteiger partial charge < -0.3 is 15.5 Å². The number of amides is 3. The molecule has 2 atom stereocenters. The van der Waals surface area contributed by atoms with Crippen LogP contribution >= 0.6 is 23.2 Å². The van der Waals surface area contributed by atoms with E-state index in [4.69, 9.17) is 23.2 Å². The highest BCUT2D eigenvalue weighted by Gasteiger charge is 2.35. The van der Waals surface area contributed by atoms with Crippen LogP contribution < -0.4 is 10.6 Å². The lowest BCUT2D eigenvalue weighted by atomic mass is 10.0. The molecule has 160 valence electrons. The maximum atomic E-state index is 12.8. The molecule has 7 nitrogen and oxygen atoms in total. The van der Waals surface area contributed by atoms with E-state index < -0.39 is 30.1 Å². The van der Waals surface area contributed by atoms with Gasteiger partial charge in [0.05, 0.1) is 16.1 Å². The Balaban J connectivity index is 1.94. The molecule has 1 unspecified atom stereocenters. The van der Waals surface area contributed by atoms with Crippen LogP contribution in [0, 0.1) is 0 Å². The van der Waals surface area contributed by atoms with Crippen LogP contribution in [-0.4, -0.2) is 45.9 Å². The number of benzene rings is 1. The van der Waals surface area contributed by atoms with Gasteiger partial charge in [-0.25, -0.2) is 14.8 Å². The smallest absolute Gasteiger partial charge is 0.353 e. The molecule has 1 aliphatic rings. The first-order valence-corrected chi connectivity index (χ1v) is 9.52. The Labute approximate surface area is 179 Å². The van der Waals surface area contributed by atoms with E-state index in [0.29, 0.717) is 5.56 Å². The van der Waals surface area contributed by atoms with Crippen molar-refractivity contribution in [3.05, 3.63) is 57.6 Å². The van der Waals surface area contributed by atoms with Crippen LogP contribution in [-0.2, 0) is 11.0 Å². The van der Waals surface area contributed by atoms with Crippen molar-refractivity contribution in [1.82, 2.24) is 25.5 Å². The number of hydrogen-bond donors (Lipinski definition) is 2. The molecule has 2 N–H and O–H groups in total. The number of hydrogen-bond acceptors (Lipinski definition) is 4. The third-order valence-corrected chi connectivity index (χ3v) is 5.30. The summed E-state index contributed by atoms with van der Waals surface area (Å²) in [5.74, 6) is -1.60. The van der Waals surface area contributed by atoms with Crippen LogP contribution in [0.3, 0.4) is 0 Å². The monoisotopic (exact) mass is 461 g/mol. The van der Waals surface area contributed by atoms with E-state index in [2.05, 4.69) is 20.6 Å². The van der Waals surface area contributed by atoms with E-state index in [1.54, 1.807) is 13.0 Å². The molecule has 3 amide bonds. The molecule has 1 aromatic heterocycles. The molecule has 0 spiro atoms. The van der Waals surface area contributed by atoms with Crippen LogP contribution in [0.15, 0.2) is 30.6 Å². The molecule has 0 aliphatic carbocycles. The van der Waals surface area contributed by atoms with E-state index in [1.165, 1.54) is 17.0 Å². The summed E-state index contributed by atoms with van der Waals surface area (Å²) in [5, 5.41) is 5.84. The summed E-state index contributed by atoms with van der Waals surface area (Å²) in [4.78, 5) is 32.7. The Kier molecular flexibility index (Phi) is 6.37. The molecule has 2 aromatic rings. The second kappa shape index (κ2) is 8.65. The highest BCUT2D eigenvalue weighted by atomic mass is 35.5. The van der Waals surface area contributed by atoms with E-state index in [0.717, 1.165) is 12.4 Å². The van der Waals surface area contributed by atoms with Gasteiger partial charge in [0, 0.05) is 31.0 Å². The topological polar surface area (TPSA) is 87.2 Å². The summed E-state index contributed by atoms with van der Waals surface area (Å²) in [7, 11) is 0. The Morgan fingerprint density at radius 3 is 2.50 bits per heavy atom. The second-order valence-corrected chi connectivity index (χ2v) is 7.37. The zero-order chi connectivity index (χ0) is 22.1. The Morgan fingerprint density at radius 2 is 1.90 bits per heavy atom. The highest BCUT2D eigenvalue weighted by Crippen LogP contribution is 2.30. The third kappa shape index (κ3) is 4.76. The maximum absolute atomic E-state index is 12.8. The first kappa shape index (κ1) is 22.1. The summed E-state index contributed by atoms with van der Waals surface area (Å²) >= 11 is 12.0.